The molecular formula is C26H34N2O2S. The molecule has 0 bridgehead atoms. The Labute approximate surface area is 191 Å². The second-order valence-electron chi connectivity index (χ2n) is 8.92. The average molecular weight is 439 g/mol. The SMILES string of the molecule is C/C=C\C[C@](C)(CC1CC1)c1ccc(C2C(C#N)=C(SC)N(C)C2C(=O)OCC)cc1. The summed E-state index contributed by atoms with van der Waals surface area (Å²) in [6.07, 6.45) is 11.2. The highest BCUT2D eigenvalue weighted by atomic mass is 32.2. The summed E-state index contributed by atoms with van der Waals surface area (Å²) in [6.45, 7) is 6.58. The van der Waals surface area contributed by atoms with E-state index in [1.807, 2.05) is 25.1 Å². The number of carbonyl (C=O) groups is 1. The van der Waals surface area contributed by atoms with E-state index in [2.05, 4.69) is 56.3 Å². The van der Waals surface area contributed by atoms with Crippen LogP contribution in [0.1, 0.15) is 63.5 Å². The van der Waals surface area contributed by atoms with Crippen LogP contribution < -0.4 is 0 Å². The molecule has 3 rings (SSSR count). The number of esters is 1. The van der Waals surface area contributed by atoms with Gasteiger partial charge in [-0.2, -0.15) is 5.26 Å². The monoisotopic (exact) mass is 438 g/mol. The number of thioether (sulfide) groups is 1. The Morgan fingerprint density at radius 2 is 2.03 bits per heavy atom. The Balaban J connectivity index is 1.96. The van der Waals surface area contributed by atoms with Crippen LogP contribution in [0, 0.1) is 17.2 Å². The van der Waals surface area contributed by atoms with Crippen LogP contribution in [0.25, 0.3) is 0 Å². The van der Waals surface area contributed by atoms with Gasteiger partial charge in [0.1, 0.15) is 6.04 Å². The average Bonchev–Trinajstić information content (AvgIpc) is 3.52. The van der Waals surface area contributed by atoms with Gasteiger partial charge in [-0.25, -0.2) is 4.79 Å². The van der Waals surface area contributed by atoms with E-state index in [9.17, 15) is 10.1 Å². The molecule has 1 aliphatic carbocycles. The predicted octanol–water partition coefficient (Wildman–Crippen LogP) is 5.77. The van der Waals surface area contributed by atoms with Crippen LogP contribution >= 0.6 is 11.8 Å². The highest BCUT2D eigenvalue weighted by molar-refractivity contribution is 8.02. The van der Waals surface area contributed by atoms with Crippen molar-refractivity contribution in [3.63, 3.8) is 0 Å². The Kier molecular flexibility index (Phi) is 7.54. The minimum Gasteiger partial charge on any atom is -0.464 e. The third-order valence-corrected chi connectivity index (χ3v) is 7.54. The Hall–Kier alpha value is -2.19. The van der Waals surface area contributed by atoms with Gasteiger partial charge in [0.25, 0.3) is 0 Å². The molecule has 5 heteroatoms. The van der Waals surface area contributed by atoms with Crippen molar-refractivity contribution in [2.24, 2.45) is 5.92 Å². The standard InChI is InChI=1S/C26H34N2O2S/c1-6-8-15-26(3,16-18-9-10-18)20-13-11-19(12-14-20)22-21(17-27)24(31-5)28(4)23(22)25(29)30-7-2/h6,8,11-14,18,22-23H,7,9-10,15-16H2,1-5H3/b8-6-/t22?,23?,26-/m1/s1. The predicted molar refractivity (Wildman–Crippen MR) is 128 cm³/mol. The van der Waals surface area contributed by atoms with Gasteiger partial charge in [0.15, 0.2) is 0 Å². The zero-order valence-corrected chi connectivity index (χ0v) is 20.2. The number of benzene rings is 1. The first-order valence-electron chi connectivity index (χ1n) is 11.2. The quantitative estimate of drug-likeness (QED) is 0.362. The maximum Gasteiger partial charge on any atom is 0.329 e. The van der Waals surface area contributed by atoms with Crippen molar-refractivity contribution in [2.45, 2.75) is 63.8 Å². The van der Waals surface area contributed by atoms with E-state index >= 15 is 0 Å². The molecule has 1 fully saturated rings. The lowest BCUT2D eigenvalue weighted by molar-refractivity contribution is -0.148. The fourth-order valence-electron chi connectivity index (χ4n) is 4.82. The molecule has 2 aliphatic rings. The van der Waals surface area contributed by atoms with E-state index in [4.69, 9.17) is 4.74 Å². The molecule has 0 spiro atoms. The molecule has 166 valence electrons. The summed E-state index contributed by atoms with van der Waals surface area (Å²) >= 11 is 1.51. The van der Waals surface area contributed by atoms with Crippen LogP contribution in [0.3, 0.4) is 0 Å². The number of nitrogens with zero attached hydrogens (tertiary/aromatic N) is 2. The van der Waals surface area contributed by atoms with Crippen LogP contribution in [0.5, 0.6) is 0 Å². The van der Waals surface area contributed by atoms with E-state index in [1.165, 1.54) is 36.6 Å². The molecule has 1 heterocycles. The van der Waals surface area contributed by atoms with Gasteiger partial charge >= 0.3 is 5.97 Å². The van der Waals surface area contributed by atoms with Gasteiger partial charge in [0.05, 0.1) is 29.2 Å². The zero-order chi connectivity index (χ0) is 22.6. The minimum absolute atomic E-state index is 0.109. The third kappa shape index (κ3) is 4.85. The fourth-order valence-corrected chi connectivity index (χ4v) is 5.62. The van der Waals surface area contributed by atoms with Crippen LogP contribution in [0.2, 0.25) is 0 Å². The molecule has 0 amide bonds. The van der Waals surface area contributed by atoms with Crippen molar-refractivity contribution in [1.29, 1.82) is 5.26 Å². The molecule has 0 radical (unpaired) electrons. The molecule has 4 nitrogen and oxygen atoms in total. The van der Waals surface area contributed by atoms with Gasteiger partial charge in [-0.15, -0.1) is 11.8 Å². The van der Waals surface area contributed by atoms with Crippen molar-refractivity contribution in [1.82, 2.24) is 4.90 Å². The first kappa shape index (κ1) is 23.5. The van der Waals surface area contributed by atoms with E-state index in [0.717, 1.165) is 22.9 Å². The summed E-state index contributed by atoms with van der Waals surface area (Å²) < 4.78 is 5.37. The highest BCUT2D eigenvalue weighted by Crippen LogP contribution is 2.46. The third-order valence-electron chi connectivity index (χ3n) is 6.64. The van der Waals surface area contributed by atoms with Crippen LogP contribution in [-0.2, 0) is 14.9 Å². The van der Waals surface area contributed by atoms with Crippen molar-refractivity contribution >= 4 is 17.7 Å². The number of carbonyl (C=O) groups excluding carboxylic acids is 1. The first-order chi connectivity index (χ1) is 14.9. The molecular weight excluding hydrogens is 404 g/mol. The van der Waals surface area contributed by atoms with Gasteiger partial charge in [-0.3, -0.25) is 0 Å². The first-order valence-corrected chi connectivity index (χ1v) is 12.4. The molecule has 2 unspecified atom stereocenters. The number of hydrogen-bond donors (Lipinski definition) is 0. The van der Waals surface area contributed by atoms with Crippen molar-refractivity contribution in [3.8, 4) is 6.07 Å². The lowest BCUT2D eigenvalue weighted by Crippen LogP contribution is -2.38. The molecule has 1 saturated carbocycles. The van der Waals surface area contributed by atoms with Crippen molar-refractivity contribution in [2.75, 3.05) is 19.9 Å². The van der Waals surface area contributed by atoms with E-state index in [0.29, 0.717) is 12.2 Å². The summed E-state index contributed by atoms with van der Waals surface area (Å²) in [4.78, 5) is 14.7. The summed E-state index contributed by atoms with van der Waals surface area (Å²) in [7, 11) is 1.88. The van der Waals surface area contributed by atoms with Crippen LogP contribution in [-0.4, -0.2) is 36.8 Å². The van der Waals surface area contributed by atoms with Crippen LogP contribution in [0.4, 0.5) is 0 Å². The zero-order valence-electron chi connectivity index (χ0n) is 19.4. The number of hydrogen-bond acceptors (Lipinski definition) is 5. The maximum absolute atomic E-state index is 12.8. The molecule has 31 heavy (non-hydrogen) atoms. The molecule has 0 aromatic heterocycles. The minimum atomic E-state index is -0.510. The molecule has 1 aromatic carbocycles. The lowest BCUT2D eigenvalue weighted by atomic mass is 9.74. The topological polar surface area (TPSA) is 53.3 Å². The van der Waals surface area contributed by atoms with Gasteiger partial charge in [-0.1, -0.05) is 56.2 Å². The molecule has 1 aromatic rings. The van der Waals surface area contributed by atoms with E-state index in [-0.39, 0.29) is 17.3 Å². The van der Waals surface area contributed by atoms with Gasteiger partial charge in [0.2, 0.25) is 0 Å². The normalized spacial score (nSPS) is 23.2. The second-order valence-corrected chi connectivity index (χ2v) is 9.72. The Morgan fingerprint density at radius 1 is 1.35 bits per heavy atom. The smallest absolute Gasteiger partial charge is 0.329 e. The Bertz CT molecular complexity index is 895. The molecule has 3 atom stereocenters. The summed E-state index contributed by atoms with van der Waals surface area (Å²) in [6, 6.07) is 10.5. The lowest BCUT2D eigenvalue weighted by Gasteiger charge is -2.30. The number of rotatable bonds is 9. The number of allylic oxidation sites excluding steroid dienone is 2. The largest absolute Gasteiger partial charge is 0.464 e. The second kappa shape index (κ2) is 9.96. The summed E-state index contributed by atoms with van der Waals surface area (Å²) in [5.74, 6) is 0.252. The van der Waals surface area contributed by atoms with E-state index < -0.39 is 6.04 Å². The number of likely N-dealkylation sites (N-methyl/N-ethyl adjacent to an activating group) is 1. The Morgan fingerprint density at radius 3 is 2.55 bits per heavy atom. The van der Waals surface area contributed by atoms with Gasteiger partial charge < -0.3 is 9.64 Å². The van der Waals surface area contributed by atoms with Crippen molar-refractivity contribution < 1.29 is 9.53 Å². The summed E-state index contributed by atoms with van der Waals surface area (Å²) in [5, 5.41) is 10.8. The molecule has 1 aliphatic heterocycles. The van der Waals surface area contributed by atoms with Crippen LogP contribution in [0.15, 0.2) is 47.0 Å². The summed E-state index contributed by atoms with van der Waals surface area (Å²) in [5.41, 5.74) is 3.08. The number of ether oxygens (including phenoxy) is 1. The fraction of sp³-hybridized carbons (Fsp3) is 0.538. The van der Waals surface area contributed by atoms with Gasteiger partial charge in [0, 0.05) is 7.05 Å². The molecule has 0 saturated heterocycles. The van der Waals surface area contributed by atoms with E-state index in [1.54, 1.807) is 0 Å². The number of nitriles is 1. The van der Waals surface area contributed by atoms with Crippen molar-refractivity contribution in [3.05, 3.63) is 58.1 Å². The molecule has 0 N–H and O–H groups in total. The van der Waals surface area contributed by atoms with Gasteiger partial charge in [-0.05, 0) is 55.4 Å². The highest BCUT2D eigenvalue weighted by Gasteiger charge is 2.45. The maximum atomic E-state index is 12.8.